The van der Waals surface area contributed by atoms with Gasteiger partial charge < -0.3 is 10.1 Å². The van der Waals surface area contributed by atoms with Crippen molar-refractivity contribution in [2.45, 2.75) is 25.9 Å². The number of aliphatic imine (C=N–C) groups is 1. The number of rotatable bonds is 2. The van der Waals surface area contributed by atoms with Gasteiger partial charge in [0.1, 0.15) is 18.4 Å². The molecule has 1 aliphatic rings. The zero-order valence-corrected chi connectivity index (χ0v) is 10.1. The number of benzene rings is 1. The van der Waals surface area contributed by atoms with E-state index in [-0.39, 0.29) is 12.1 Å². The van der Waals surface area contributed by atoms with Gasteiger partial charge in [-0.2, -0.15) is 0 Å². The molecule has 0 fully saturated rings. The maximum atomic E-state index is 5.56. The quantitative estimate of drug-likeness (QED) is 0.308. The number of hydrogen-bond acceptors (Lipinski definition) is 3. The SMILES string of the molecule is CC(C)NC(=NC1COc2ccccc21)NN. The van der Waals surface area contributed by atoms with Gasteiger partial charge >= 0.3 is 0 Å². The second-order valence-electron chi connectivity index (χ2n) is 4.29. The predicted octanol–water partition coefficient (Wildman–Crippen LogP) is 0.937. The van der Waals surface area contributed by atoms with Crippen molar-refractivity contribution < 1.29 is 4.74 Å². The summed E-state index contributed by atoms with van der Waals surface area (Å²) in [6.45, 7) is 4.63. The summed E-state index contributed by atoms with van der Waals surface area (Å²) in [5, 5.41) is 3.15. The number of nitrogens with one attached hydrogen (secondary N) is 2. The fraction of sp³-hybridized carbons (Fsp3) is 0.417. The molecule has 0 radical (unpaired) electrons. The number of nitrogens with zero attached hydrogens (tertiary/aromatic N) is 1. The topological polar surface area (TPSA) is 71.7 Å². The van der Waals surface area contributed by atoms with Gasteiger partial charge in [0.2, 0.25) is 5.96 Å². The number of nitrogens with two attached hydrogens (primary N) is 1. The molecule has 0 amide bonds. The molecular weight excluding hydrogens is 216 g/mol. The molecule has 1 aliphatic heterocycles. The van der Waals surface area contributed by atoms with Gasteiger partial charge in [-0.1, -0.05) is 18.2 Å². The van der Waals surface area contributed by atoms with Crippen molar-refractivity contribution in [3.8, 4) is 5.75 Å². The maximum Gasteiger partial charge on any atom is 0.206 e. The monoisotopic (exact) mass is 234 g/mol. The molecule has 0 spiro atoms. The lowest BCUT2D eigenvalue weighted by Crippen LogP contribution is -2.44. The van der Waals surface area contributed by atoms with Gasteiger partial charge in [0.05, 0.1) is 0 Å². The van der Waals surface area contributed by atoms with Crippen molar-refractivity contribution in [3.63, 3.8) is 0 Å². The van der Waals surface area contributed by atoms with Crippen LogP contribution < -0.4 is 21.3 Å². The molecule has 5 nitrogen and oxygen atoms in total. The summed E-state index contributed by atoms with van der Waals surface area (Å²) < 4.78 is 5.56. The molecule has 1 aromatic rings. The van der Waals surface area contributed by atoms with E-state index in [0.29, 0.717) is 12.6 Å². The van der Waals surface area contributed by atoms with E-state index in [9.17, 15) is 0 Å². The summed E-state index contributed by atoms with van der Waals surface area (Å²) in [7, 11) is 0. The highest BCUT2D eigenvalue weighted by atomic mass is 16.5. The lowest BCUT2D eigenvalue weighted by Gasteiger charge is -2.13. The molecular formula is C12H18N4O. The van der Waals surface area contributed by atoms with Crippen molar-refractivity contribution in [3.05, 3.63) is 29.8 Å². The Hall–Kier alpha value is -1.75. The van der Waals surface area contributed by atoms with Crippen LogP contribution in [0.25, 0.3) is 0 Å². The second kappa shape index (κ2) is 5.05. The van der Waals surface area contributed by atoms with Gasteiger partial charge in [-0.3, -0.25) is 5.43 Å². The van der Waals surface area contributed by atoms with Gasteiger partial charge in [0.25, 0.3) is 0 Å². The average Bonchev–Trinajstić information content (AvgIpc) is 2.71. The van der Waals surface area contributed by atoms with Crippen LogP contribution in [0.5, 0.6) is 5.75 Å². The van der Waals surface area contributed by atoms with Crippen LogP contribution in [0.15, 0.2) is 29.3 Å². The van der Waals surface area contributed by atoms with Gasteiger partial charge in [-0.15, -0.1) is 0 Å². The summed E-state index contributed by atoms with van der Waals surface area (Å²) in [4.78, 5) is 4.52. The fourth-order valence-corrected chi connectivity index (χ4v) is 1.80. The third-order valence-electron chi connectivity index (χ3n) is 2.52. The van der Waals surface area contributed by atoms with E-state index < -0.39 is 0 Å². The average molecular weight is 234 g/mol. The molecule has 4 N–H and O–H groups in total. The Bertz CT molecular complexity index is 417. The Morgan fingerprint density at radius 3 is 2.94 bits per heavy atom. The molecule has 17 heavy (non-hydrogen) atoms. The van der Waals surface area contributed by atoms with Crippen LogP contribution in [0.2, 0.25) is 0 Å². The minimum atomic E-state index is 0.00324. The molecule has 2 rings (SSSR count). The number of hydrazine groups is 1. The van der Waals surface area contributed by atoms with Crippen molar-refractivity contribution >= 4 is 5.96 Å². The number of fused-ring (bicyclic) bond motifs is 1. The predicted molar refractivity (Wildman–Crippen MR) is 67.7 cm³/mol. The lowest BCUT2D eigenvalue weighted by molar-refractivity contribution is 0.333. The third-order valence-corrected chi connectivity index (χ3v) is 2.52. The third kappa shape index (κ3) is 2.68. The van der Waals surface area contributed by atoms with E-state index in [1.807, 2.05) is 38.1 Å². The Balaban J connectivity index is 2.17. The first-order chi connectivity index (χ1) is 8.20. The lowest BCUT2D eigenvalue weighted by atomic mass is 10.1. The zero-order chi connectivity index (χ0) is 12.3. The molecule has 0 saturated carbocycles. The van der Waals surface area contributed by atoms with Gasteiger partial charge in [0, 0.05) is 11.6 Å². The number of para-hydroxylation sites is 1. The van der Waals surface area contributed by atoms with Gasteiger partial charge in [-0.05, 0) is 19.9 Å². The summed E-state index contributed by atoms with van der Waals surface area (Å²) in [6, 6.07) is 8.21. The van der Waals surface area contributed by atoms with E-state index >= 15 is 0 Å². The Morgan fingerprint density at radius 2 is 2.24 bits per heavy atom. The van der Waals surface area contributed by atoms with Crippen LogP contribution in [-0.2, 0) is 0 Å². The Labute approximate surface area is 101 Å². The highest BCUT2D eigenvalue weighted by Gasteiger charge is 2.23. The largest absolute Gasteiger partial charge is 0.491 e. The molecule has 5 heteroatoms. The minimum absolute atomic E-state index is 0.00324. The summed E-state index contributed by atoms with van der Waals surface area (Å²) in [5.41, 5.74) is 3.68. The molecule has 92 valence electrons. The molecule has 1 heterocycles. The zero-order valence-electron chi connectivity index (χ0n) is 10.1. The first-order valence-electron chi connectivity index (χ1n) is 5.73. The molecule has 0 bridgehead atoms. The van der Waals surface area contributed by atoms with Gasteiger partial charge in [-0.25, -0.2) is 10.8 Å². The molecule has 0 saturated heterocycles. The first-order valence-corrected chi connectivity index (χ1v) is 5.73. The van der Waals surface area contributed by atoms with E-state index in [1.165, 1.54) is 0 Å². The highest BCUT2D eigenvalue weighted by Crippen LogP contribution is 2.33. The van der Waals surface area contributed by atoms with Crippen LogP contribution in [0.4, 0.5) is 0 Å². The van der Waals surface area contributed by atoms with Crippen LogP contribution >= 0.6 is 0 Å². The van der Waals surface area contributed by atoms with Gasteiger partial charge in [0.15, 0.2) is 0 Å². The fourth-order valence-electron chi connectivity index (χ4n) is 1.80. The van der Waals surface area contributed by atoms with E-state index in [4.69, 9.17) is 10.6 Å². The number of ether oxygens (including phenoxy) is 1. The van der Waals surface area contributed by atoms with Crippen LogP contribution in [0, 0.1) is 0 Å². The molecule has 1 unspecified atom stereocenters. The van der Waals surface area contributed by atoms with E-state index in [1.54, 1.807) is 0 Å². The highest BCUT2D eigenvalue weighted by molar-refractivity contribution is 5.79. The molecule has 0 aliphatic carbocycles. The molecule has 0 aromatic heterocycles. The summed E-state index contributed by atoms with van der Waals surface area (Å²) in [6.07, 6.45) is 0. The van der Waals surface area contributed by atoms with Crippen LogP contribution in [-0.4, -0.2) is 18.6 Å². The smallest absolute Gasteiger partial charge is 0.206 e. The number of hydrogen-bond donors (Lipinski definition) is 3. The Morgan fingerprint density at radius 1 is 1.47 bits per heavy atom. The second-order valence-corrected chi connectivity index (χ2v) is 4.29. The molecule has 1 atom stereocenters. The summed E-state index contributed by atoms with van der Waals surface area (Å²) >= 11 is 0. The first kappa shape index (κ1) is 11.7. The normalized spacial score (nSPS) is 18.8. The van der Waals surface area contributed by atoms with Crippen molar-refractivity contribution in [2.75, 3.05) is 6.61 Å². The summed E-state index contributed by atoms with van der Waals surface area (Å²) in [5.74, 6) is 6.93. The number of guanidine groups is 1. The van der Waals surface area contributed by atoms with Crippen LogP contribution in [0.3, 0.4) is 0 Å². The Kier molecular flexibility index (Phi) is 3.49. The standard InChI is InChI=1S/C12H18N4O/c1-8(2)14-12(16-13)15-10-7-17-11-6-4-3-5-9(10)11/h3-6,8,10H,7,13H2,1-2H3,(H2,14,15,16). The van der Waals surface area contributed by atoms with E-state index in [2.05, 4.69) is 15.7 Å². The maximum absolute atomic E-state index is 5.56. The van der Waals surface area contributed by atoms with E-state index in [0.717, 1.165) is 11.3 Å². The molecule has 1 aromatic carbocycles. The van der Waals surface area contributed by atoms with Crippen molar-refractivity contribution in [2.24, 2.45) is 10.8 Å². The van der Waals surface area contributed by atoms with Crippen molar-refractivity contribution in [1.82, 2.24) is 10.7 Å². The van der Waals surface area contributed by atoms with Crippen LogP contribution in [0.1, 0.15) is 25.5 Å². The van der Waals surface area contributed by atoms with Crippen molar-refractivity contribution in [1.29, 1.82) is 0 Å². The minimum Gasteiger partial charge on any atom is -0.491 e.